The van der Waals surface area contributed by atoms with Crippen LogP contribution in [0.5, 0.6) is 23.0 Å². The summed E-state index contributed by atoms with van der Waals surface area (Å²) < 4.78 is 21.2. The van der Waals surface area contributed by atoms with Crippen LogP contribution in [-0.4, -0.2) is 63.5 Å². The molecule has 0 amide bonds. The Bertz CT molecular complexity index is 1590. The molecule has 0 radical (unpaired) electrons. The highest BCUT2D eigenvalue weighted by Gasteiger charge is 2.18. The van der Waals surface area contributed by atoms with Crippen LogP contribution in [0.2, 0.25) is 0 Å². The number of esters is 2. The Morgan fingerprint density at radius 2 is 1.07 bits per heavy atom. The molecule has 44 heavy (non-hydrogen) atoms. The van der Waals surface area contributed by atoms with E-state index in [0.717, 1.165) is 0 Å². The summed E-state index contributed by atoms with van der Waals surface area (Å²) in [5.74, 6) is -0.00206. The lowest BCUT2D eigenvalue weighted by atomic mass is 10.1. The van der Waals surface area contributed by atoms with Crippen molar-refractivity contribution >= 4 is 11.9 Å². The molecule has 1 aromatic heterocycles. The molecule has 0 aliphatic carbocycles. The number of carbonyl (C=O) groups is 2. The molecule has 11 nitrogen and oxygen atoms in total. The lowest BCUT2D eigenvalue weighted by molar-refractivity contribution is -0.140. The van der Waals surface area contributed by atoms with E-state index in [0.29, 0.717) is 34.0 Å². The average Bonchev–Trinajstić information content (AvgIpc) is 3.01. The Morgan fingerprint density at radius 1 is 0.636 bits per heavy atom. The lowest BCUT2D eigenvalue weighted by Gasteiger charge is -2.12. The third kappa shape index (κ3) is 8.19. The van der Waals surface area contributed by atoms with Gasteiger partial charge in [-0.15, -0.1) is 0 Å². The third-order valence-electron chi connectivity index (χ3n) is 5.95. The fraction of sp³-hybridized carbons (Fsp3) is 0.182. The standard InChI is InChI=1S/C33H31N3O8/c1-20(2)32(39)43-16-14-41-23-10-12-25(27(37)18-23)30-34-29(22-8-6-5-7-9-22)35-31(36-30)26-13-11-24(19-28(26)38)42-15-17-44-33(40)21(3)4/h5-13,18-19,37-38H,1,3,14-17H2,2,4H3. The van der Waals surface area contributed by atoms with Crippen molar-refractivity contribution in [2.24, 2.45) is 0 Å². The smallest absolute Gasteiger partial charge is 0.333 e. The molecule has 2 N–H and O–H groups in total. The van der Waals surface area contributed by atoms with E-state index in [1.807, 2.05) is 30.3 Å². The minimum atomic E-state index is -0.513. The maximum atomic E-state index is 11.5. The summed E-state index contributed by atoms with van der Waals surface area (Å²) in [5, 5.41) is 21.7. The summed E-state index contributed by atoms with van der Waals surface area (Å²) in [6.45, 7) is 10.3. The van der Waals surface area contributed by atoms with Gasteiger partial charge in [-0.05, 0) is 38.1 Å². The van der Waals surface area contributed by atoms with Crippen LogP contribution >= 0.6 is 0 Å². The van der Waals surface area contributed by atoms with Crippen molar-refractivity contribution in [3.05, 3.63) is 91.0 Å². The van der Waals surface area contributed by atoms with Crippen molar-refractivity contribution in [3.63, 3.8) is 0 Å². The summed E-state index contributed by atoms with van der Waals surface area (Å²) in [5.41, 5.74) is 1.88. The number of rotatable bonds is 13. The summed E-state index contributed by atoms with van der Waals surface area (Å²) in [4.78, 5) is 36.8. The van der Waals surface area contributed by atoms with Gasteiger partial charge in [0.15, 0.2) is 17.5 Å². The highest BCUT2D eigenvalue weighted by molar-refractivity contribution is 5.87. The molecule has 4 rings (SSSR count). The minimum Gasteiger partial charge on any atom is -0.507 e. The number of ether oxygens (including phenoxy) is 4. The van der Waals surface area contributed by atoms with Gasteiger partial charge < -0.3 is 29.2 Å². The van der Waals surface area contributed by atoms with Crippen molar-refractivity contribution in [1.29, 1.82) is 0 Å². The van der Waals surface area contributed by atoms with Crippen molar-refractivity contribution in [2.75, 3.05) is 26.4 Å². The zero-order valence-electron chi connectivity index (χ0n) is 24.3. The minimum absolute atomic E-state index is 0.0151. The Balaban J connectivity index is 1.57. The molecule has 1 heterocycles. The fourth-order valence-electron chi connectivity index (χ4n) is 3.75. The van der Waals surface area contributed by atoms with Crippen LogP contribution < -0.4 is 9.47 Å². The van der Waals surface area contributed by atoms with Crippen LogP contribution in [0.4, 0.5) is 0 Å². The number of benzene rings is 3. The molecular formula is C33H31N3O8. The van der Waals surface area contributed by atoms with Gasteiger partial charge in [-0.1, -0.05) is 43.5 Å². The number of hydrogen-bond acceptors (Lipinski definition) is 11. The van der Waals surface area contributed by atoms with Crippen molar-refractivity contribution in [2.45, 2.75) is 13.8 Å². The first kappa shape index (κ1) is 31.2. The van der Waals surface area contributed by atoms with Crippen molar-refractivity contribution in [3.8, 4) is 57.2 Å². The van der Waals surface area contributed by atoms with Crippen LogP contribution in [0.25, 0.3) is 34.2 Å². The molecule has 3 aromatic carbocycles. The van der Waals surface area contributed by atoms with Gasteiger partial charge in [0.1, 0.15) is 49.4 Å². The average molecular weight is 598 g/mol. The zero-order valence-corrected chi connectivity index (χ0v) is 24.3. The van der Waals surface area contributed by atoms with E-state index in [1.54, 1.807) is 38.1 Å². The van der Waals surface area contributed by atoms with E-state index in [9.17, 15) is 19.8 Å². The van der Waals surface area contributed by atoms with Gasteiger partial charge in [-0.3, -0.25) is 0 Å². The highest BCUT2D eigenvalue weighted by Crippen LogP contribution is 2.35. The van der Waals surface area contributed by atoms with Crippen LogP contribution in [-0.2, 0) is 19.1 Å². The molecule has 4 aromatic rings. The predicted octanol–water partition coefficient (Wildman–Crippen LogP) is 5.28. The Labute approximate surface area is 254 Å². The number of carbonyl (C=O) groups excluding carboxylic acids is 2. The molecular weight excluding hydrogens is 566 g/mol. The summed E-state index contributed by atoms with van der Waals surface area (Å²) in [7, 11) is 0. The quantitative estimate of drug-likeness (QED) is 0.118. The van der Waals surface area contributed by atoms with Crippen LogP contribution in [0.3, 0.4) is 0 Å². The van der Waals surface area contributed by atoms with Gasteiger partial charge in [0.25, 0.3) is 0 Å². The van der Waals surface area contributed by atoms with E-state index in [4.69, 9.17) is 18.9 Å². The van der Waals surface area contributed by atoms with E-state index < -0.39 is 11.9 Å². The molecule has 0 fully saturated rings. The van der Waals surface area contributed by atoms with Gasteiger partial charge in [-0.2, -0.15) is 0 Å². The predicted molar refractivity (Wildman–Crippen MR) is 162 cm³/mol. The third-order valence-corrected chi connectivity index (χ3v) is 5.95. The molecule has 0 aliphatic heterocycles. The lowest BCUT2D eigenvalue weighted by Crippen LogP contribution is -2.12. The molecule has 0 aliphatic rings. The molecule has 0 saturated carbocycles. The summed E-state index contributed by atoms with van der Waals surface area (Å²) >= 11 is 0. The Kier molecular flexibility index (Phi) is 10.3. The second kappa shape index (κ2) is 14.5. The number of nitrogens with zero attached hydrogens (tertiary/aromatic N) is 3. The molecule has 0 atom stereocenters. The maximum Gasteiger partial charge on any atom is 0.333 e. The molecule has 11 heteroatoms. The first-order valence-electron chi connectivity index (χ1n) is 13.5. The summed E-state index contributed by atoms with van der Waals surface area (Å²) in [6.07, 6.45) is 0. The largest absolute Gasteiger partial charge is 0.507 e. The maximum absolute atomic E-state index is 11.5. The van der Waals surface area contributed by atoms with E-state index in [2.05, 4.69) is 28.1 Å². The first-order valence-corrected chi connectivity index (χ1v) is 13.5. The molecule has 0 saturated heterocycles. The number of hydrogen-bond donors (Lipinski definition) is 2. The van der Waals surface area contributed by atoms with Gasteiger partial charge in [0.2, 0.25) is 0 Å². The van der Waals surface area contributed by atoms with Crippen LogP contribution in [0, 0.1) is 0 Å². The highest BCUT2D eigenvalue weighted by atomic mass is 16.6. The second-order valence-electron chi connectivity index (χ2n) is 9.56. The van der Waals surface area contributed by atoms with Crippen LogP contribution in [0.1, 0.15) is 13.8 Å². The van der Waals surface area contributed by atoms with Gasteiger partial charge in [-0.25, -0.2) is 24.5 Å². The Hall–Kier alpha value is -5.71. The zero-order chi connectivity index (χ0) is 31.6. The molecule has 0 spiro atoms. The Morgan fingerprint density at radius 3 is 1.48 bits per heavy atom. The second-order valence-corrected chi connectivity index (χ2v) is 9.56. The number of aromatic nitrogens is 3. The first-order chi connectivity index (χ1) is 21.1. The van der Waals surface area contributed by atoms with Gasteiger partial charge in [0.05, 0.1) is 11.1 Å². The van der Waals surface area contributed by atoms with E-state index in [-0.39, 0.29) is 60.7 Å². The van der Waals surface area contributed by atoms with E-state index >= 15 is 0 Å². The van der Waals surface area contributed by atoms with Gasteiger partial charge in [0, 0.05) is 28.8 Å². The van der Waals surface area contributed by atoms with E-state index in [1.165, 1.54) is 12.1 Å². The number of aromatic hydroxyl groups is 2. The monoisotopic (exact) mass is 597 g/mol. The topological polar surface area (TPSA) is 150 Å². The molecule has 0 unspecified atom stereocenters. The number of phenolic OH excluding ortho intramolecular Hbond substituents is 2. The van der Waals surface area contributed by atoms with Crippen molar-refractivity contribution in [1.82, 2.24) is 15.0 Å². The summed E-state index contributed by atoms with van der Waals surface area (Å²) in [6, 6.07) is 18.4. The molecule has 226 valence electrons. The fourth-order valence-corrected chi connectivity index (χ4v) is 3.75. The SMILES string of the molecule is C=C(C)C(=O)OCCOc1ccc(-c2nc(-c3ccccc3)nc(-c3ccc(OCCOC(=O)C(=C)C)cc3O)n2)c(O)c1. The normalized spacial score (nSPS) is 10.5. The van der Waals surface area contributed by atoms with Crippen molar-refractivity contribution < 1.29 is 38.7 Å². The molecule has 0 bridgehead atoms. The van der Waals surface area contributed by atoms with Crippen LogP contribution in [0.15, 0.2) is 91.0 Å². The number of phenols is 2. The van der Waals surface area contributed by atoms with Gasteiger partial charge >= 0.3 is 11.9 Å².